The molecule has 0 spiro atoms. The van der Waals surface area contributed by atoms with Crippen molar-refractivity contribution in [1.29, 1.82) is 0 Å². The number of ether oxygens (including phenoxy) is 1. The van der Waals surface area contributed by atoms with Gasteiger partial charge in [-0.25, -0.2) is 0 Å². The van der Waals surface area contributed by atoms with Crippen LogP contribution < -0.4 is 5.73 Å². The summed E-state index contributed by atoms with van der Waals surface area (Å²) in [7, 11) is 1.31. The fourth-order valence-corrected chi connectivity index (χ4v) is 1.32. The highest BCUT2D eigenvalue weighted by Gasteiger charge is 2.16. The Labute approximate surface area is 94.4 Å². The summed E-state index contributed by atoms with van der Waals surface area (Å²) in [6.07, 6.45) is 0.469. The molecule has 0 aliphatic carbocycles. The first-order valence-electron chi connectivity index (χ1n) is 5.07. The molecule has 1 unspecified atom stereocenters. The van der Waals surface area contributed by atoms with Crippen molar-refractivity contribution < 1.29 is 14.3 Å². The Balaban J connectivity index is 2.52. The first-order valence-corrected chi connectivity index (χ1v) is 5.07. The minimum atomic E-state index is -0.651. The molecule has 1 aromatic rings. The van der Waals surface area contributed by atoms with Crippen molar-refractivity contribution in [1.82, 2.24) is 0 Å². The molecular weight excluding hydrogens is 206 g/mol. The first-order chi connectivity index (χ1) is 7.65. The Hall–Kier alpha value is -1.68. The summed E-state index contributed by atoms with van der Waals surface area (Å²) in [4.78, 5) is 22.7. The molecular formula is C12H15NO3. The van der Waals surface area contributed by atoms with Crippen LogP contribution in [0.4, 0.5) is 0 Å². The minimum absolute atomic E-state index is 0.149. The van der Waals surface area contributed by atoms with Gasteiger partial charge in [0.05, 0.1) is 13.2 Å². The van der Waals surface area contributed by atoms with Gasteiger partial charge in [-0.15, -0.1) is 0 Å². The van der Waals surface area contributed by atoms with Crippen LogP contribution in [-0.4, -0.2) is 24.9 Å². The lowest BCUT2D eigenvalue weighted by molar-refractivity contribution is -0.140. The fourth-order valence-electron chi connectivity index (χ4n) is 1.32. The van der Waals surface area contributed by atoms with E-state index in [9.17, 15) is 9.59 Å². The van der Waals surface area contributed by atoms with E-state index >= 15 is 0 Å². The van der Waals surface area contributed by atoms with Crippen molar-refractivity contribution in [3.05, 3.63) is 35.9 Å². The average molecular weight is 221 g/mol. The second-order valence-electron chi connectivity index (χ2n) is 3.45. The number of rotatable bonds is 5. The zero-order valence-electron chi connectivity index (χ0n) is 9.18. The summed E-state index contributed by atoms with van der Waals surface area (Å²) in [6, 6.07) is 8.15. The number of benzene rings is 1. The summed E-state index contributed by atoms with van der Waals surface area (Å²) in [5.74, 6) is -0.499. The van der Waals surface area contributed by atoms with Crippen LogP contribution in [0.5, 0.6) is 0 Å². The predicted octanol–water partition coefficient (Wildman–Crippen LogP) is 1.15. The van der Waals surface area contributed by atoms with Crippen LogP contribution in [0.2, 0.25) is 0 Å². The molecule has 0 fully saturated rings. The molecule has 4 nitrogen and oxygen atoms in total. The molecule has 1 rings (SSSR count). The first kappa shape index (κ1) is 12.4. The maximum atomic E-state index is 11.8. The number of nitrogens with two attached hydrogens (primary N) is 1. The molecule has 0 heterocycles. The van der Waals surface area contributed by atoms with Crippen LogP contribution in [0, 0.1) is 0 Å². The highest BCUT2D eigenvalue weighted by Crippen LogP contribution is 2.06. The van der Waals surface area contributed by atoms with Gasteiger partial charge in [-0.05, 0) is 6.42 Å². The van der Waals surface area contributed by atoms with E-state index < -0.39 is 6.04 Å². The molecule has 2 N–H and O–H groups in total. The van der Waals surface area contributed by atoms with E-state index in [0.29, 0.717) is 12.0 Å². The number of carbonyl (C=O) groups is 2. The van der Waals surface area contributed by atoms with Crippen LogP contribution in [0.15, 0.2) is 30.3 Å². The monoisotopic (exact) mass is 221 g/mol. The Morgan fingerprint density at radius 2 is 1.94 bits per heavy atom. The van der Waals surface area contributed by atoms with Gasteiger partial charge in [-0.3, -0.25) is 9.59 Å². The lowest BCUT2D eigenvalue weighted by atomic mass is 10.0. The number of hydrogen-bond acceptors (Lipinski definition) is 4. The summed E-state index contributed by atoms with van der Waals surface area (Å²) >= 11 is 0. The zero-order valence-corrected chi connectivity index (χ0v) is 9.18. The van der Waals surface area contributed by atoms with E-state index in [0.717, 1.165) is 0 Å². The number of Topliss-reactive ketones (excluding diaryl/α,β-unsaturated/α-hetero) is 1. The molecule has 86 valence electrons. The third-order valence-electron chi connectivity index (χ3n) is 2.28. The number of hydrogen-bond donors (Lipinski definition) is 1. The van der Waals surface area contributed by atoms with E-state index in [2.05, 4.69) is 4.74 Å². The second-order valence-corrected chi connectivity index (χ2v) is 3.45. The lowest BCUT2D eigenvalue weighted by Gasteiger charge is -2.09. The molecule has 1 aromatic carbocycles. The highest BCUT2D eigenvalue weighted by molar-refractivity contribution is 6.00. The topological polar surface area (TPSA) is 69.4 Å². The maximum absolute atomic E-state index is 11.8. The van der Waals surface area contributed by atoms with Crippen LogP contribution >= 0.6 is 0 Å². The average Bonchev–Trinajstić information content (AvgIpc) is 2.35. The molecule has 0 aromatic heterocycles. The van der Waals surface area contributed by atoms with Gasteiger partial charge in [0.25, 0.3) is 0 Å². The summed E-state index contributed by atoms with van der Waals surface area (Å²) < 4.78 is 4.48. The molecule has 0 aliphatic heterocycles. The Morgan fingerprint density at radius 1 is 1.31 bits per heavy atom. The molecule has 0 bridgehead atoms. The van der Waals surface area contributed by atoms with Gasteiger partial charge in [0.1, 0.15) is 0 Å². The van der Waals surface area contributed by atoms with Crippen molar-refractivity contribution in [3.63, 3.8) is 0 Å². The third kappa shape index (κ3) is 3.47. The fraction of sp³-hybridized carbons (Fsp3) is 0.333. The zero-order chi connectivity index (χ0) is 12.0. The van der Waals surface area contributed by atoms with Gasteiger partial charge in [0, 0.05) is 12.0 Å². The van der Waals surface area contributed by atoms with Gasteiger partial charge in [-0.2, -0.15) is 0 Å². The predicted molar refractivity (Wildman–Crippen MR) is 60.0 cm³/mol. The smallest absolute Gasteiger partial charge is 0.305 e. The molecule has 0 saturated heterocycles. The number of esters is 1. The van der Waals surface area contributed by atoms with E-state index in [-0.39, 0.29) is 18.2 Å². The van der Waals surface area contributed by atoms with Gasteiger partial charge in [0.15, 0.2) is 5.78 Å². The van der Waals surface area contributed by atoms with Gasteiger partial charge in [-0.1, -0.05) is 30.3 Å². The van der Waals surface area contributed by atoms with Gasteiger partial charge >= 0.3 is 5.97 Å². The molecule has 4 heteroatoms. The third-order valence-corrected chi connectivity index (χ3v) is 2.28. The summed E-state index contributed by atoms with van der Waals surface area (Å²) in [6.45, 7) is 0. The molecule has 0 saturated carbocycles. The van der Waals surface area contributed by atoms with Gasteiger partial charge in [0.2, 0.25) is 0 Å². The van der Waals surface area contributed by atoms with Crippen LogP contribution in [0.25, 0.3) is 0 Å². The largest absolute Gasteiger partial charge is 0.469 e. The quantitative estimate of drug-likeness (QED) is 0.598. The second kappa shape index (κ2) is 6.02. The Bertz CT molecular complexity index is 362. The number of carbonyl (C=O) groups excluding carboxylic acids is 2. The molecule has 0 aliphatic rings. The van der Waals surface area contributed by atoms with Crippen molar-refractivity contribution in [2.24, 2.45) is 5.73 Å². The van der Waals surface area contributed by atoms with E-state index in [1.807, 2.05) is 6.07 Å². The minimum Gasteiger partial charge on any atom is -0.469 e. The van der Waals surface area contributed by atoms with Crippen LogP contribution in [0.3, 0.4) is 0 Å². The van der Waals surface area contributed by atoms with Gasteiger partial charge < -0.3 is 10.5 Å². The Kier molecular flexibility index (Phi) is 4.66. The normalized spacial score (nSPS) is 11.9. The highest BCUT2D eigenvalue weighted by atomic mass is 16.5. The Morgan fingerprint density at radius 3 is 2.50 bits per heavy atom. The SMILES string of the molecule is COC(=O)CCC(N)C(=O)c1ccccc1. The molecule has 0 amide bonds. The standard InChI is InChI=1S/C12H15NO3/c1-16-11(14)8-7-10(13)12(15)9-5-3-2-4-6-9/h2-6,10H,7-8,13H2,1H3. The molecule has 1 atom stereocenters. The van der Waals surface area contributed by atoms with E-state index in [1.165, 1.54) is 7.11 Å². The number of methoxy groups -OCH3 is 1. The maximum Gasteiger partial charge on any atom is 0.305 e. The summed E-state index contributed by atoms with van der Waals surface area (Å²) in [5, 5.41) is 0. The van der Waals surface area contributed by atoms with Crippen molar-refractivity contribution >= 4 is 11.8 Å². The summed E-state index contributed by atoms with van der Waals surface area (Å²) in [5.41, 5.74) is 6.26. The number of ketones is 1. The van der Waals surface area contributed by atoms with Crippen molar-refractivity contribution in [3.8, 4) is 0 Å². The molecule has 16 heavy (non-hydrogen) atoms. The van der Waals surface area contributed by atoms with Crippen LogP contribution in [0.1, 0.15) is 23.2 Å². The van der Waals surface area contributed by atoms with Crippen molar-refractivity contribution in [2.75, 3.05) is 7.11 Å². The van der Waals surface area contributed by atoms with Crippen LogP contribution in [-0.2, 0) is 9.53 Å². The van der Waals surface area contributed by atoms with Crippen molar-refractivity contribution in [2.45, 2.75) is 18.9 Å². The lowest BCUT2D eigenvalue weighted by Crippen LogP contribution is -2.31. The van der Waals surface area contributed by atoms with E-state index in [1.54, 1.807) is 24.3 Å². The van der Waals surface area contributed by atoms with E-state index in [4.69, 9.17) is 5.73 Å². The molecule has 0 radical (unpaired) electrons.